The number of hydrogen-bond donors (Lipinski definition) is 1. The zero-order valence-corrected chi connectivity index (χ0v) is 25.5. The van der Waals surface area contributed by atoms with E-state index in [4.69, 9.17) is 30.5 Å². The first-order valence-corrected chi connectivity index (χ1v) is 15.1. The SMILES string of the molecule is COc1cccc(-c2ccnc(-c3cccc4c3CC[C@@H]4Oc3nc(OC)c(CNC4CCOCC4)cc3C(F)(F)F)c2Cl)n1. The number of rotatable bonds is 9. The highest BCUT2D eigenvalue weighted by Crippen LogP contribution is 2.45. The van der Waals surface area contributed by atoms with Gasteiger partial charge in [-0.2, -0.15) is 18.2 Å². The van der Waals surface area contributed by atoms with Gasteiger partial charge in [0.25, 0.3) is 0 Å². The molecular formula is C33H32ClF3N4O4. The van der Waals surface area contributed by atoms with Gasteiger partial charge in [0.15, 0.2) is 0 Å². The van der Waals surface area contributed by atoms with Crippen molar-refractivity contribution in [2.45, 2.75) is 50.6 Å². The fourth-order valence-corrected chi connectivity index (χ4v) is 6.19. The molecule has 8 nitrogen and oxygen atoms in total. The lowest BCUT2D eigenvalue weighted by atomic mass is 9.98. The molecule has 0 saturated carbocycles. The Kier molecular flexibility index (Phi) is 9.11. The van der Waals surface area contributed by atoms with Crippen molar-refractivity contribution in [3.05, 3.63) is 82.0 Å². The zero-order valence-electron chi connectivity index (χ0n) is 24.8. The van der Waals surface area contributed by atoms with Crippen LogP contribution >= 0.6 is 11.6 Å². The maximum absolute atomic E-state index is 14.4. The molecule has 4 aromatic rings. The maximum atomic E-state index is 14.4. The molecule has 0 radical (unpaired) electrons. The predicted molar refractivity (Wildman–Crippen MR) is 163 cm³/mol. The number of alkyl halides is 3. The lowest BCUT2D eigenvalue weighted by Gasteiger charge is -2.24. The summed E-state index contributed by atoms with van der Waals surface area (Å²) < 4.78 is 65.2. The lowest BCUT2D eigenvalue weighted by molar-refractivity contribution is -0.139. The number of ether oxygens (including phenoxy) is 4. The summed E-state index contributed by atoms with van der Waals surface area (Å²) in [4.78, 5) is 13.3. The molecule has 236 valence electrons. The average molecular weight is 641 g/mol. The minimum absolute atomic E-state index is 0.0866. The van der Waals surface area contributed by atoms with Crippen LogP contribution in [0.5, 0.6) is 17.6 Å². The van der Waals surface area contributed by atoms with Gasteiger partial charge in [0, 0.05) is 54.8 Å². The second-order valence-corrected chi connectivity index (χ2v) is 11.3. The number of fused-ring (bicyclic) bond motifs is 1. The highest BCUT2D eigenvalue weighted by molar-refractivity contribution is 6.35. The number of benzene rings is 1. The van der Waals surface area contributed by atoms with Crippen LogP contribution in [0.25, 0.3) is 22.5 Å². The molecule has 0 unspecified atom stereocenters. The third-order valence-corrected chi connectivity index (χ3v) is 8.53. The quantitative estimate of drug-likeness (QED) is 0.205. The average Bonchev–Trinajstić information content (AvgIpc) is 3.47. The van der Waals surface area contributed by atoms with E-state index in [9.17, 15) is 13.2 Å². The number of pyridine rings is 3. The van der Waals surface area contributed by atoms with Gasteiger partial charge in [-0.25, -0.2) is 4.98 Å². The van der Waals surface area contributed by atoms with Crippen molar-refractivity contribution >= 4 is 11.6 Å². The van der Waals surface area contributed by atoms with Crippen LogP contribution in [-0.4, -0.2) is 48.4 Å². The van der Waals surface area contributed by atoms with Crippen molar-refractivity contribution in [2.75, 3.05) is 27.4 Å². The molecule has 2 aliphatic rings. The van der Waals surface area contributed by atoms with E-state index in [2.05, 4.69) is 20.3 Å². The molecule has 1 aromatic carbocycles. The molecule has 0 bridgehead atoms. The Hall–Kier alpha value is -3.93. The van der Waals surface area contributed by atoms with E-state index >= 15 is 0 Å². The molecule has 3 aromatic heterocycles. The number of nitrogens with one attached hydrogen (secondary N) is 1. The monoisotopic (exact) mass is 640 g/mol. The van der Waals surface area contributed by atoms with Gasteiger partial charge in [-0.1, -0.05) is 35.9 Å². The van der Waals surface area contributed by atoms with Crippen LogP contribution in [0.1, 0.15) is 47.6 Å². The number of hydrogen-bond acceptors (Lipinski definition) is 8. The molecule has 1 fully saturated rings. The second-order valence-electron chi connectivity index (χ2n) is 10.9. The van der Waals surface area contributed by atoms with Gasteiger partial charge in [-0.05, 0) is 55.0 Å². The number of aromatic nitrogens is 3. The van der Waals surface area contributed by atoms with Crippen LogP contribution in [0.3, 0.4) is 0 Å². The van der Waals surface area contributed by atoms with Crippen molar-refractivity contribution in [1.82, 2.24) is 20.3 Å². The van der Waals surface area contributed by atoms with E-state index in [1.807, 2.05) is 30.3 Å². The Bertz CT molecular complexity index is 1680. The highest BCUT2D eigenvalue weighted by Gasteiger charge is 2.39. The highest BCUT2D eigenvalue weighted by atomic mass is 35.5. The van der Waals surface area contributed by atoms with E-state index in [-0.39, 0.29) is 18.5 Å². The van der Waals surface area contributed by atoms with Gasteiger partial charge in [0.2, 0.25) is 17.6 Å². The third kappa shape index (κ3) is 6.56. The van der Waals surface area contributed by atoms with Crippen molar-refractivity contribution in [1.29, 1.82) is 0 Å². The summed E-state index contributed by atoms with van der Waals surface area (Å²) in [5.74, 6) is 0.0257. The van der Waals surface area contributed by atoms with Crippen LogP contribution in [-0.2, 0) is 23.9 Å². The molecule has 1 aliphatic heterocycles. The van der Waals surface area contributed by atoms with Crippen molar-refractivity contribution in [3.8, 4) is 40.2 Å². The van der Waals surface area contributed by atoms with E-state index in [1.165, 1.54) is 7.11 Å². The Morgan fingerprint density at radius 1 is 0.956 bits per heavy atom. The Balaban J connectivity index is 1.30. The summed E-state index contributed by atoms with van der Waals surface area (Å²) >= 11 is 6.90. The van der Waals surface area contributed by atoms with Gasteiger partial charge < -0.3 is 24.3 Å². The standard InChI is InChI=1S/C33H32ClF3N4O4/c1-42-28-8-4-7-26(40-28)24-11-14-38-30(29(24)34)23-6-3-5-22-21(23)9-10-27(22)45-32-25(33(35,36)37)17-19(31(41-32)43-2)18-39-20-12-15-44-16-13-20/h3-8,11,14,17,20,27,39H,9-10,12-13,15-16,18H2,1-2H3/t27-/m0/s1. The van der Waals surface area contributed by atoms with Crippen LogP contribution in [0.2, 0.25) is 5.02 Å². The summed E-state index contributed by atoms with van der Waals surface area (Å²) in [5.41, 5.74) is 3.67. The van der Waals surface area contributed by atoms with Gasteiger partial charge in [-0.3, -0.25) is 4.98 Å². The lowest BCUT2D eigenvalue weighted by Crippen LogP contribution is -2.34. The molecule has 0 amide bonds. The van der Waals surface area contributed by atoms with Crippen molar-refractivity contribution in [2.24, 2.45) is 0 Å². The molecule has 1 N–H and O–H groups in total. The topological polar surface area (TPSA) is 87.6 Å². The van der Waals surface area contributed by atoms with E-state index < -0.39 is 23.7 Å². The maximum Gasteiger partial charge on any atom is 0.421 e. The summed E-state index contributed by atoms with van der Waals surface area (Å²) in [5, 5.41) is 3.72. The summed E-state index contributed by atoms with van der Waals surface area (Å²) in [6.45, 7) is 1.41. The molecule has 6 rings (SSSR count). The Labute approximate surface area is 263 Å². The molecular weight excluding hydrogens is 609 g/mol. The zero-order chi connectivity index (χ0) is 31.6. The Morgan fingerprint density at radius 3 is 2.51 bits per heavy atom. The number of nitrogens with zero attached hydrogens (tertiary/aromatic N) is 3. The van der Waals surface area contributed by atoms with Gasteiger partial charge >= 0.3 is 6.18 Å². The Morgan fingerprint density at radius 2 is 1.76 bits per heavy atom. The van der Waals surface area contributed by atoms with Crippen LogP contribution in [0.4, 0.5) is 13.2 Å². The minimum atomic E-state index is -4.68. The van der Waals surface area contributed by atoms with E-state index in [0.717, 1.165) is 35.6 Å². The molecule has 45 heavy (non-hydrogen) atoms. The molecule has 12 heteroatoms. The van der Waals surface area contributed by atoms with Crippen molar-refractivity contribution < 1.29 is 32.1 Å². The van der Waals surface area contributed by atoms with Crippen LogP contribution in [0, 0.1) is 0 Å². The van der Waals surface area contributed by atoms with E-state index in [1.54, 1.807) is 25.4 Å². The second kappa shape index (κ2) is 13.2. The van der Waals surface area contributed by atoms with Gasteiger partial charge in [0.1, 0.15) is 11.7 Å². The normalized spacial score (nSPS) is 16.8. The first-order valence-electron chi connectivity index (χ1n) is 14.7. The number of methoxy groups -OCH3 is 2. The first-order chi connectivity index (χ1) is 21.8. The van der Waals surface area contributed by atoms with Crippen LogP contribution < -0.4 is 19.5 Å². The van der Waals surface area contributed by atoms with Crippen LogP contribution in [0.15, 0.2) is 54.7 Å². The fourth-order valence-electron chi connectivity index (χ4n) is 5.88. The fraction of sp³-hybridized carbons (Fsp3) is 0.364. The molecule has 0 spiro atoms. The van der Waals surface area contributed by atoms with Gasteiger partial charge in [0.05, 0.1) is 30.6 Å². The summed E-state index contributed by atoms with van der Waals surface area (Å²) in [6.07, 6.45) is -1.10. The minimum Gasteiger partial charge on any atom is -0.481 e. The number of halogens is 4. The largest absolute Gasteiger partial charge is 0.481 e. The molecule has 4 heterocycles. The van der Waals surface area contributed by atoms with E-state index in [0.29, 0.717) is 59.5 Å². The predicted octanol–water partition coefficient (Wildman–Crippen LogP) is 7.23. The molecule has 1 saturated heterocycles. The van der Waals surface area contributed by atoms with Gasteiger partial charge in [-0.15, -0.1) is 0 Å². The third-order valence-electron chi connectivity index (χ3n) is 8.15. The van der Waals surface area contributed by atoms with Crippen molar-refractivity contribution in [3.63, 3.8) is 0 Å². The summed E-state index contributed by atoms with van der Waals surface area (Å²) in [6, 6.07) is 14.0. The molecule has 1 aliphatic carbocycles. The summed E-state index contributed by atoms with van der Waals surface area (Å²) in [7, 11) is 2.93. The first kappa shape index (κ1) is 31.1. The smallest absolute Gasteiger partial charge is 0.421 e. The molecule has 1 atom stereocenters.